The summed E-state index contributed by atoms with van der Waals surface area (Å²) in [6.45, 7) is 2.41. The molecular weight excluding hydrogens is 324 g/mol. The summed E-state index contributed by atoms with van der Waals surface area (Å²) in [5.41, 5.74) is 4.24. The highest BCUT2D eigenvalue weighted by Crippen LogP contribution is 2.20. The second kappa shape index (κ2) is 9.73. The van der Waals surface area contributed by atoms with Crippen LogP contribution < -0.4 is 10.2 Å². The molecule has 0 spiro atoms. The van der Waals surface area contributed by atoms with E-state index in [4.69, 9.17) is 16.3 Å². The van der Waals surface area contributed by atoms with Gasteiger partial charge in [0.1, 0.15) is 12.4 Å². The second-order valence-corrected chi connectivity index (χ2v) is 5.72. The molecule has 1 amide bonds. The average Bonchev–Trinajstić information content (AvgIpc) is 2.60. The number of para-hydroxylation sites is 1. The first kappa shape index (κ1) is 18.0. The molecule has 2 rings (SSSR count). The fraction of sp³-hybridized carbons (Fsp3) is 0.263. The van der Waals surface area contributed by atoms with Gasteiger partial charge in [0.15, 0.2) is 0 Å². The molecule has 5 heteroatoms. The second-order valence-electron chi connectivity index (χ2n) is 5.31. The van der Waals surface area contributed by atoms with Gasteiger partial charge in [-0.2, -0.15) is 5.10 Å². The molecule has 0 fully saturated rings. The Hall–Kier alpha value is -2.33. The van der Waals surface area contributed by atoms with Crippen molar-refractivity contribution in [1.82, 2.24) is 5.43 Å². The van der Waals surface area contributed by atoms with Crippen molar-refractivity contribution in [2.75, 3.05) is 0 Å². The molecule has 0 radical (unpaired) electrons. The molecule has 0 saturated carbocycles. The summed E-state index contributed by atoms with van der Waals surface area (Å²) in [4.78, 5) is 11.6. The number of benzene rings is 2. The van der Waals surface area contributed by atoms with Gasteiger partial charge in [-0.25, -0.2) is 5.43 Å². The molecule has 0 aliphatic carbocycles. The maximum Gasteiger partial charge on any atom is 0.240 e. The highest BCUT2D eigenvalue weighted by molar-refractivity contribution is 6.31. The Balaban J connectivity index is 1.97. The number of nitrogens with one attached hydrogen (secondary N) is 1. The van der Waals surface area contributed by atoms with Gasteiger partial charge in [0.2, 0.25) is 5.91 Å². The van der Waals surface area contributed by atoms with Crippen LogP contribution in [0.1, 0.15) is 37.3 Å². The normalized spacial score (nSPS) is 10.8. The summed E-state index contributed by atoms with van der Waals surface area (Å²) in [7, 11) is 0. The molecule has 24 heavy (non-hydrogen) atoms. The van der Waals surface area contributed by atoms with E-state index in [2.05, 4.69) is 10.5 Å². The molecule has 0 atom stereocenters. The van der Waals surface area contributed by atoms with Crippen molar-refractivity contribution >= 4 is 23.7 Å². The van der Waals surface area contributed by atoms with E-state index >= 15 is 0 Å². The van der Waals surface area contributed by atoms with Gasteiger partial charge >= 0.3 is 0 Å². The molecule has 2 aromatic rings. The highest BCUT2D eigenvalue weighted by atomic mass is 35.5. The summed E-state index contributed by atoms with van der Waals surface area (Å²) < 4.78 is 5.84. The summed E-state index contributed by atoms with van der Waals surface area (Å²) in [5, 5.41) is 4.67. The van der Waals surface area contributed by atoms with Gasteiger partial charge in [-0.15, -0.1) is 0 Å². The predicted octanol–water partition coefficient (Wildman–Crippen LogP) is 4.56. The van der Waals surface area contributed by atoms with Crippen LogP contribution in [0.5, 0.6) is 5.75 Å². The van der Waals surface area contributed by atoms with Crippen LogP contribution in [0.2, 0.25) is 5.02 Å². The molecule has 4 nitrogen and oxygen atoms in total. The number of carbonyl (C=O) groups is 1. The largest absolute Gasteiger partial charge is 0.488 e. The molecule has 2 aromatic carbocycles. The lowest BCUT2D eigenvalue weighted by molar-refractivity contribution is -0.121. The van der Waals surface area contributed by atoms with Gasteiger partial charge in [0, 0.05) is 22.6 Å². The Morgan fingerprint density at radius 2 is 1.96 bits per heavy atom. The monoisotopic (exact) mass is 344 g/mol. The zero-order chi connectivity index (χ0) is 17.2. The van der Waals surface area contributed by atoms with Crippen molar-refractivity contribution in [3.05, 3.63) is 64.7 Å². The number of carbonyl (C=O) groups excluding carboxylic acids is 1. The zero-order valence-electron chi connectivity index (χ0n) is 13.7. The number of hydrogen-bond donors (Lipinski definition) is 1. The van der Waals surface area contributed by atoms with Crippen molar-refractivity contribution in [1.29, 1.82) is 0 Å². The maximum absolute atomic E-state index is 11.6. The van der Waals surface area contributed by atoms with E-state index in [0.717, 1.165) is 24.0 Å². The van der Waals surface area contributed by atoms with Gasteiger partial charge < -0.3 is 4.74 Å². The van der Waals surface area contributed by atoms with E-state index < -0.39 is 0 Å². The lowest BCUT2D eigenvalue weighted by Gasteiger charge is -2.10. The molecule has 0 aliphatic rings. The first-order valence-electron chi connectivity index (χ1n) is 7.98. The topological polar surface area (TPSA) is 50.7 Å². The fourth-order valence-electron chi connectivity index (χ4n) is 2.06. The van der Waals surface area contributed by atoms with E-state index in [9.17, 15) is 4.79 Å². The summed E-state index contributed by atoms with van der Waals surface area (Å²) in [5.74, 6) is 0.603. The minimum absolute atomic E-state index is 0.0810. The smallest absolute Gasteiger partial charge is 0.240 e. The van der Waals surface area contributed by atoms with Crippen molar-refractivity contribution in [3.63, 3.8) is 0 Å². The lowest BCUT2D eigenvalue weighted by Crippen LogP contribution is -2.16. The van der Waals surface area contributed by atoms with E-state index in [0.29, 0.717) is 23.8 Å². The van der Waals surface area contributed by atoms with Gasteiger partial charge in [0.25, 0.3) is 0 Å². The first-order chi connectivity index (χ1) is 11.7. The number of nitrogens with zero attached hydrogens (tertiary/aromatic N) is 1. The minimum Gasteiger partial charge on any atom is -0.488 e. The van der Waals surface area contributed by atoms with E-state index in [1.807, 2.05) is 55.5 Å². The van der Waals surface area contributed by atoms with E-state index in [1.165, 1.54) is 0 Å². The number of hydrogen-bond acceptors (Lipinski definition) is 3. The van der Waals surface area contributed by atoms with Crippen LogP contribution in [0, 0.1) is 0 Å². The van der Waals surface area contributed by atoms with Crippen LogP contribution in [-0.4, -0.2) is 12.1 Å². The molecular formula is C19H21ClN2O2. The van der Waals surface area contributed by atoms with Crippen LogP contribution in [0.15, 0.2) is 53.6 Å². The van der Waals surface area contributed by atoms with E-state index in [-0.39, 0.29) is 5.91 Å². The minimum atomic E-state index is -0.0810. The number of halogens is 1. The first-order valence-corrected chi connectivity index (χ1v) is 8.35. The number of rotatable bonds is 8. The lowest BCUT2D eigenvalue weighted by atomic mass is 10.2. The molecule has 0 aliphatic heterocycles. The zero-order valence-corrected chi connectivity index (χ0v) is 14.4. The Bertz CT molecular complexity index is 701. The number of amides is 1. The Kier molecular flexibility index (Phi) is 7.30. The SMILES string of the molecule is CCCCC(=O)N/N=C\c1ccccc1OCc1ccccc1Cl. The molecule has 0 saturated heterocycles. The Morgan fingerprint density at radius 3 is 2.75 bits per heavy atom. The molecule has 0 heterocycles. The van der Waals surface area contributed by atoms with Gasteiger partial charge in [0.05, 0.1) is 6.21 Å². The molecule has 0 unspecified atom stereocenters. The third kappa shape index (κ3) is 5.70. The van der Waals surface area contributed by atoms with Crippen LogP contribution >= 0.6 is 11.6 Å². The predicted molar refractivity (Wildman–Crippen MR) is 97.5 cm³/mol. The Labute approximate surface area is 147 Å². The van der Waals surface area contributed by atoms with Crippen LogP contribution in [-0.2, 0) is 11.4 Å². The summed E-state index contributed by atoms with van der Waals surface area (Å²) in [6, 6.07) is 15.1. The average molecular weight is 345 g/mol. The standard InChI is InChI=1S/C19H21ClN2O2/c1-2-3-12-19(23)22-21-13-15-8-5-7-11-18(15)24-14-16-9-4-6-10-17(16)20/h4-11,13H,2-3,12,14H2,1H3,(H,22,23)/b21-13-. The fourth-order valence-corrected chi connectivity index (χ4v) is 2.25. The quantitative estimate of drug-likeness (QED) is 0.563. The van der Waals surface area contributed by atoms with Gasteiger partial charge in [-0.3, -0.25) is 4.79 Å². The van der Waals surface area contributed by atoms with Crippen molar-refractivity contribution < 1.29 is 9.53 Å². The molecule has 0 aromatic heterocycles. The van der Waals surface area contributed by atoms with Crippen LogP contribution in [0.4, 0.5) is 0 Å². The van der Waals surface area contributed by atoms with Crippen molar-refractivity contribution in [2.24, 2.45) is 5.10 Å². The van der Waals surface area contributed by atoms with Gasteiger partial charge in [-0.05, 0) is 24.6 Å². The molecule has 0 bridgehead atoms. The van der Waals surface area contributed by atoms with Crippen LogP contribution in [0.25, 0.3) is 0 Å². The van der Waals surface area contributed by atoms with Crippen LogP contribution in [0.3, 0.4) is 0 Å². The number of unbranched alkanes of at least 4 members (excludes halogenated alkanes) is 1. The number of ether oxygens (including phenoxy) is 1. The van der Waals surface area contributed by atoms with Gasteiger partial charge in [-0.1, -0.05) is 55.3 Å². The Morgan fingerprint density at radius 1 is 1.21 bits per heavy atom. The third-order valence-corrected chi connectivity index (χ3v) is 3.78. The maximum atomic E-state index is 11.6. The molecule has 1 N–H and O–H groups in total. The number of hydrazone groups is 1. The summed E-state index contributed by atoms with van der Waals surface area (Å²) >= 11 is 6.14. The van der Waals surface area contributed by atoms with E-state index in [1.54, 1.807) is 6.21 Å². The third-order valence-electron chi connectivity index (χ3n) is 3.41. The highest BCUT2D eigenvalue weighted by Gasteiger charge is 2.04. The van der Waals surface area contributed by atoms with Crippen molar-refractivity contribution in [2.45, 2.75) is 32.8 Å². The molecule has 126 valence electrons. The van der Waals surface area contributed by atoms with Crippen molar-refractivity contribution in [3.8, 4) is 5.75 Å². The summed E-state index contributed by atoms with van der Waals surface area (Å²) in [6.07, 6.45) is 3.92.